The number of amides is 1. The number of benzene rings is 1. The van der Waals surface area contributed by atoms with Crippen LogP contribution in [0.4, 0.5) is 0 Å². The fourth-order valence-corrected chi connectivity index (χ4v) is 3.27. The van der Waals surface area contributed by atoms with Crippen molar-refractivity contribution in [2.45, 2.75) is 51.5 Å². The molecule has 2 N–H and O–H groups in total. The number of piperidine rings is 1. The standard InChI is InChI=1S/C18H28N2O/c1-3-7-17(16-8-5-4-6-9-16)18(21)20-12-10-15(11-13-20)14(2)19/h4-6,8-9,14-15,17H,3,7,10-13,19H2,1-2H3. The van der Waals surface area contributed by atoms with Gasteiger partial charge in [0.25, 0.3) is 0 Å². The Labute approximate surface area is 128 Å². The molecule has 3 nitrogen and oxygen atoms in total. The van der Waals surface area contributed by atoms with Crippen molar-refractivity contribution >= 4 is 5.91 Å². The highest BCUT2D eigenvalue weighted by molar-refractivity contribution is 5.83. The molecule has 116 valence electrons. The van der Waals surface area contributed by atoms with Crippen LogP contribution in [0, 0.1) is 5.92 Å². The van der Waals surface area contributed by atoms with Crippen molar-refractivity contribution in [1.82, 2.24) is 4.90 Å². The Balaban J connectivity index is 2.03. The third-order valence-electron chi connectivity index (χ3n) is 4.67. The summed E-state index contributed by atoms with van der Waals surface area (Å²) in [6, 6.07) is 10.4. The van der Waals surface area contributed by atoms with Gasteiger partial charge in [-0.05, 0) is 37.7 Å². The lowest BCUT2D eigenvalue weighted by Crippen LogP contribution is -2.44. The number of carbonyl (C=O) groups excluding carboxylic acids is 1. The molecule has 1 heterocycles. The first-order valence-electron chi connectivity index (χ1n) is 8.22. The van der Waals surface area contributed by atoms with E-state index >= 15 is 0 Å². The van der Waals surface area contributed by atoms with E-state index in [1.165, 1.54) is 0 Å². The maximum absolute atomic E-state index is 12.9. The van der Waals surface area contributed by atoms with Crippen molar-refractivity contribution in [3.63, 3.8) is 0 Å². The van der Waals surface area contributed by atoms with Crippen LogP contribution >= 0.6 is 0 Å². The van der Waals surface area contributed by atoms with Crippen molar-refractivity contribution in [2.24, 2.45) is 11.7 Å². The first-order valence-corrected chi connectivity index (χ1v) is 8.22. The van der Waals surface area contributed by atoms with Crippen LogP contribution in [0.15, 0.2) is 30.3 Å². The highest BCUT2D eigenvalue weighted by Crippen LogP contribution is 2.27. The number of hydrogen-bond acceptors (Lipinski definition) is 2. The molecule has 2 rings (SSSR count). The van der Waals surface area contributed by atoms with Gasteiger partial charge < -0.3 is 10.6 Å². The summed E-state index contributed by atoms with van der Waals surface area (Å²) in [5.41, 5.74) is 7.14. The topological polar surface area (TPSA) is 46.3 Å². The van der Waals surface area contributed by atoms with Crippen molar-refractivity contribution in [3.05, 3.63) is 35.9 Å². The van der Waals surface area contributed by atoms with Crippen molar-refractivity contribution in [1.29, 1.82) is 0 Å². The molecule has 3 heteroatoms. The number of rotatable bonds is 5. The molecule has 0 aliphatic carbocycles. The summed E-state index contributed by atoms with van der Waals surface area (Å²) in [6.45, 7) is 5.94. The maximum Gasteiger partial charge on any atom is 0.230 e. The van der Waals surface area contributed by atoms with Gasteiger partial charge in [0.1, 0.15) is 0 Å². The van der Waals surface area contributed by atoms with E-state index in [1.807, 2.05) is 23.1 Å². The zero-order valence-electron chi connectivity index (χ0n) is 13.3. The van der Waals surface area contributed by atoms with Crippen LogP contribution in [0.25, 0.3) is 0 Å². The molecule has 1 fully saturated rings. The van der Waals surface area contributed by atoms with Gasteiger partial charge >= 0.3 is 0 Å². The molecule has 0 spiro atoms. The molecule has 1 aliphatic rings. The Bertz CT molecular complexity index is 436. The Morgan fingerprint density at radius 1 is 1.29 bits per heavy atom. The fourth-order valence-electron chi connectivity index (χ4n) is 3.27. The highest BCUT2D eigenvalue weighted by Gasteiger charge is 2.29. The quantitative estimate of drug-likeness (QED) is 0.904. The molecule has 1 aromatic carbocycles. The Hall–Kier alpha value is -1.35. The van der Waals surface area contributed by atoms with E-state index in [2.05, 4.69) is 26.0 Å². The fraction of sp³-hybridized carbons (Fsp3) is 0.611. The molecule has 0 aromatic heterocycles. The summed E-state index contributed by atoms with van der Waals surface area (Å²) in [4.78, 5) is 14.9. The molecular weight excluding hydrogens is 260 g/mol. The van der Waals surface area contributed by atoms with E-state index in [1.54, 1.807) is 0 Å². The third-order valence-corrected chi connectivity index (χ3v) is 4.67. The molecule has 1 saturated heterocycles. The van der Waals surface area contributed by atoms with Gasteiger partial charge in [-0.1, -0.05) is 43.7 Å². The summed E-state index contributed by atoms with van der Waals surface area (Å²) in [5, 5.41) is 0. The van der Waals surface area contributed by atoms with Gasteiger partial charge in [0.2, 0.25) is 5.91 Å². The van der Waals surface area contributed by atoms with Crippen LogP contribution in [-0.4, -0.2) is 29.9 Å². The monoisotopic (exact) mass is 288 g/mol. The minimum absolute atomic E-state index is 0.0167. The van der Waals surface area contributed by atoms with Crippen LogP contribution in [0.1, 0.15) is 51.0 Å². The zero-order chi connectivity index (χ0) is 15.2. The molecule has 0 bridgehead atoms. The van der Waals surface area contributed by atoms with Gasteiger partial charge in [0.05, 0.1) is 5.92 Å². The third kappa shape index (κ3) is 4.07. The molecule has 1 aromatic rings. The lowest BCUT2D eigenvalue weighted by Gasteiger charge is -2.35. The van der Waals surface area contributed by atoms with Crippen LogP contribution in [-0.2, 0) is 4.79 Å². The minimum Gasteiger partial charge on any atom is -0.342 e. The van der Waals surface area contributed by atoms with Crippen LogP contribution < -0.4 is 5.73 Å². The second-order valence-electron chi connectivity index (χ2n) is 6.27. The first-order chi connectivity index (χ1) is 10.1. The van der Waals surface area contributed by atoms with Gasteiger partial charge in [0.15, 0.2) is 0 Å². The average molecular weight is 288 g/mol. The van der Waals surface area contributed by atoms with E-state index in [-0.39, 0.29) is 12.0 Å². The number of nitrogens with zero attached hydrogens (tertiary/aromatic N) is 1. The van der Waals surface area contributed by atoms with E-state index < -0.39 is 0 Å². The molecule has 0 radical (unpaired) electrons. The number of hydrogen-bond donors (Lipinski definition) is 1. The van der Waals surface area contributed by atoms with Gasteiger partial charge in [0, 0.05) is 19.1 Å². The first kappa shape index (κ1) is 16.0. The largest absolute Gasteiger partial charge is 0.342 e. The second-order valence-corrected chi connectivity index (χ2v) is 6.27. The van der Waals surface area contributed by atoms with Crippen molar-refractivity contribution < 1.29 is 4.79 Å². The number of nitrogens with two attached hydrogens (primary N) is 1. The molecular formula is C18H28N2O. The van der Waals surface area contributed by atoms with E-state index in [0.29, 0.717) is 11.8 Å². The summed E-state index contributed by atoms with van der Waals surface area (Å²) >= 11 is 0. The van der Waals surface area contributed by atoms with Crippen LogP contribution in [0.3, 0.4) is 0 Å². The summed E-state index contributed by atoms with van der Waals surface area (Å²) in [6.07, 6.45) is 4.03. The molecule has 1 amide bonds. The number of likely N-dealkylation sites (tertiary alicyclic amines) is 1. The van der Waals surface area contributed by atoms with Crippen molar-refractivity contribution in [2.75, 3.05) is 13.1 Å². The summed E-state index contributed by atoms with van der Waals surface area (Å²) in [5.74, 6) is 0.879. The van der Waals surface area contributed by atoms with E-state index in [0.717, 1.165) is 44.3 Å². The number of carbonyl (C=O) groups is 1. The summed E-state index contributed by atoms with van der Waals surface area (Å²) < 4.78 is 0. The van der Waals surface area contributed by atoms with Gasteiger partial charge in [-0.2, -0.15) is 0 Å². The maximum atomic E-state index is 12.9. The highest BCUT2D eigenvalue weighted by atomic mass is 16.2. The Morgan fingerprint density at radius 3 is 2.43 bits per heavy atom. The molecule has 0 saturated carbocycles. The van der Waals surface area contributed by atoms with Crippen LogP contribution in [0.5, 0.6) is 0 Å². The lowest BCUT2D eigenvalue weighted by atomic mass is 9.88. The lowest BCUT2D eigenvalue weighted by molar-refractivity contribution is -0.134. The van der Waals surface area contributed by atoms with Gasteiger partial charge in [-0.25, -0.2) is 0 Å². The summed E-state index contributed by atoms with van der Waals surface area (Å²) in [7, 11) is 0. The van der Waals surface area contributed by atoms with Gasteiger partial charge in [-0.3, -0.25) is 4.79 Å². The molecule has 21 heavy (non-hydrogen) atoms. The Morgan fingerprint density at radius 2 is 1.90 bits per heavy atom. The van der Waals surface area contributed by atoms with E-state index in [9.17, 15) is 4.79 Å². The van der Waals surface area contributed by atoms with E-state index in [4.69, 9.17) is 5.73 Å². The second kappa shape index (κ2) is 7.60. The molecule has 2 atom stereocenters. The van der Waals surface area contributed by atoms with Crippen molar-refractivity contribution in [3.8, 4) is 0 Å². The normalized spacial score (nSPS) is 19.3. The smallest absolute Gasteiger partial charge is 0.230 e. The predicted molar refractivity (Wildman–Crippen MR) is 87.0 cm³/mol. The average Bonchev–Trinajstić information content (AvgIpc) is 2.53. The molecule has 2 unspecified atom stereocenters. The predicted octanol–water partition coefficient (Wildman–Crippen LogP) is 3.16. The minimum atomic E-state index is 0.0167. The Kier molecular flexibility index (Phi) is 5.80. The van der Waals surface area contributed by atoms with Crippen LogP contribution in [0.2, 0.25) is 0 Å². The zero-order valence-corrected chi connectivity index (χ0v) is 13.3. The van der Waals surface area contributed by atoms with Gasteiger partial charge in [-0.15, -0.1) is 0 Å². The molecule has 1 aliphatic heterocycles. The SMILES string of the molecule is CCCC(C(=O)N1CCC(C(C)N)CC1)c1ccccc1.